The van der Waals surface area contributed by atoms with Gasteiger partial charge in [0, 0.05) is 4.88 Å². The monoisotopic (exact) mass is 357 g/mol. The summed E-state index contributed by atoms with van der Waals surface area (Å²) in [6.45, 7) is 1.46. The normalized spacial score (nSPS) is 11.8. The fourth-order valence-corrected chi connectivity index (χ4v) is 3.07. The van der Waals surface area contributed by atoms with Crippen LogP contribution >= 0.6 is 34.5 Å². The van der Waals surface area contributed by atoms with Crippen LogP contribution in [0.15, 0.2) is 35.7 Å². The number of ether oxygens (including phenoxy) is 1. The van der Waals surface area contributed by atoms with E-state index in [1.54, 1.807) is 17.4 Å². The third-order valence-corrected chi connectivity index (χ3v) is 4.53. The molecular formula is C15H13Cl2NO3S. The van der Waals surface area contributed by atoms with Crippen molar-refractivity contribution in [2.75, 3.05) is 6.61 Å². The molecule has 2 rings (SSSR count). The number of carbonyl (C=O) groups is 2. The van der Waals surface area contributed by atoms with Gasteiger partial charge < -0.3 is 10.1 Å². The molecule has 7 heteroatoms. The van der Waals surface area contributed by atoms with Gasteiger partial charge in [0.25, 0.3) is 5.91 Å². The van der Waals surface area contributed by atoms with Crippen LogP contribution in [0.25, 0.3) is 0 Å². The minimum absolute atomic E-state index is 0.0601. The number of nitrogens with one attached hydrogen (secondary N) is 1. The predicted molar refractivity (Wildman–Crippen MR) is 87.6 cm³/mol. The Labute approximate surface area is 142 Å². The Morgan fingerprint density at radius 1 is 1.23 bits per heavy atom. The van der Waals surface area contributed by atoms with Crippen LogP contribution < -0.4 is 5.32 Å². The largest absolute Gasteiger partial charge is 0.452 e. The number of thiophene rings is 1. The molecule has 2 aromatic rings. The fourth-order valence-electron chi connectivity index (χ4n) is 1.79. The maximum atomic E-state index is 11.9. The molecule has 0 fully saturated rings. The molecule has 0 unspecified atom stereocenters. The Morgan fingerprint density at radius 2 is 1.91 bits per heavy atom. The van der Waals surface area contributed by atoms with Gasteiger partial charge in [-0.3, -0.25) is 4.79 Å². The van der Waals surface area contributed by atoms with Crippen molar-refractivity contribution >= 4 is 46.4 Å². The second kappa shape index (κ2) is 7.63. The third-order valence-electron chi connectivity index (χ3n) is 2.85. The van der Waals surface area contributed by atoms with E-state index in [0.29, 0.717) is 0 Å². The van der Waals surface area contributed by atoms with Crippen LogP contribution in [0.2, 0.25) is 10.0 Å². The second-order valence-electron chi connectivity index (χ2n) is 4.48. The molecule has 1 aromatic carbocycles. The summed E-state index contributed by atoms with van der Waals surface area (Å²) >= 11 is 13.4. The molecular weight excluding hydrogens is 345 g/mol. The Hall–Kier alpha value is -1.56. The van der Waals surface area contributed by atoms with Crippen molar-refractivity contribution in [1.29, 1.82) is 0 Å². The number of halogens is 2. The molecule has 0 radical (unpaired) electrons. The van der Waals surface area contributed by atoms with Crippen molar-refractivity contribution in [2.24, 2.45) is 0 Å². The summed E-state index contributed by atoms with van der Waals surface area (Å²) in [5.74, 6) is -1.12. The van der Waals surface area contributed by atoms with Crippen LogP contribution in [0.5, 0.6) is 0 Å². The molecule has 22 heavy (non-hydrogen) atoms. The van der Waals surface area contributed by atoms with Crippen molar-refractivity contribution in [3.8, 4) is 0 Å². The Morgan fingerprint density at radius 3 is 2.50 bits per heavy atom. The number of benzene rings is 1. The molecule has 1 aromatic heterocycles. The first-order valence-corrected chi connectivity index (χ1v) is 8.06. The lowest BCUT2D eigenvalue weighted by Crippen LogP contribution is -2.30. The van der Waals surface area contributed by atoms with Gasteiger partial charge in [-0.25, -0.2) is 4.79 Å². The lowest BCUT2D eigenvalue weighted by atomic mass is 10.2. The minimum atomic E-state index is -0.727. The highest BCUT2D eigenvalue weighted by atomic mass is 35.5. The lowest BCUT2D eigenvalue weighted by molar-refractivity contribution is -0.124. The summed E-state index contributed by atoms with van der Waals surface area (Å²) in [4.78, 5) is 24.8. The van der Waals surface area contributed by atoms with E-state index >= 15 is 0 Å². The van der Waals surface area contributed by atoms with Gasteiger partial charge in [-0.15, -0.1) is 11.3 Å². The van der Waals surface area contributed by atoms with Crippen LogP contribution in [0.1, 0.15) is 28.2 Å². The van der Waals surface area contributed by atoms with Crippen LogP contribution in [0.4, 0.5) is 0 Å². The summed E-state index contributed by atoms with van der Waals surface area (Å²) in [5, 5.41) is 5.04. The molecule has 1 N–H and O–H groups in total. The Kier molecular flexibility index (Phi) is 5.83. The van der Waals surface area contributed by atoms with E-state index in [2.05, 4.69) is 5.32 Å². The van der Waals surface area contributed by atoms with Crippen molar-refractivity contribution in [3.63, 3.8) is 0 Å². The number of hydrogen-bond donors (Lipinski definition) is 1. The summed E-state index contributed by atoms with van der Waals surface area (Å²) in [7, 11) is 0. The Bertz CT molecular complexity index is 653. The van der Waals surface area contributed by atoms with Gasteiger partial charge in [0.1, 0.15) is 0 Å². The molecule has 0 aliphatic rings. The van der Waals surface area contributed by atoms with Crippen molar-refractivity contribution in [2.45, 2.75) is 13.0 Å². The highest BCUT2D eigenvalue weighted by molar-refractivity contribution is 7.10. The second-order valence-corrected chi connectivity index (χ2v) is 6.27. The molecule has 0 saturated heterocycles. The van der Waals surface area contributed by atoms with Crippen molar-refractivity contribution in [1.82, 2.24) is 5.32 Å². The fraction of sp³-hybridized carbons (Fsp3) is 0.200. The quantitative estimate of drug-likeness (QED) is 0.819. The van der Waals surface area contributed by atoms with E-state index < -0.39 is 18.5 Å². The zero-order valence-electron chi connectivity index (χ0n) is 11.6. The molecule has 0 saturated carbocycles. The lowest BCUT2D eigenvalue weighted by Gasteiger charge is -2.12. The average molecular weight is 358 g/mol. The number of carbonyl (C=O) groups excluding carboxylic acids is 2. The zero-order valence-corrected chi connectivity index (χ0v) is 14.0. The smallest absolute Gasteiger partial charge is 0.341 e. The predicted octanol–water partition coefficient (Wildman–Crippen LogP) is 4.09. The molecule has 0 bridgehead atoms. The molecule has 1 amide bonds. The first kappa shape index (κ1) is 16.8. The summed E-state index contributed by atoms with van der Waals surface area (Å²) in [5.41, 5.74) is 0.0601. The molecule has 0 spiro atoms. The average Bonchev–Trinajstić information content (AvgIpc) is 2.99. The van der Waals surface area contributed by atoms with Crippen molar-refractivity contribution in [3.05, 3.63) is 56.2 Å². The van der Waals surface area contributed by atoms with Gasteiger partial charge in [0.05, 0.1) is 21.7 Å². The highest BCUT2D eigenvalue weighted by Gasteiger charge is 2.18. The summed E-state index contributed by atoms with van der Waals surface area (Å²) < 4.78 is 4.95. The molecule has 1 atom stereocenters. The molecule has 0 aliphatic carbocycles. The molecule has 0 aliphatic heterocycles. The van der Waals surface area contributed by atoms with Gasteiger partial charge in [-0.05, 0) is 30.5 Å². The van der Waals surface area contributed by atoms with E-state index in [0.717, 1.165) is 4.88 Å². The number of esters is 1. The molecule has 4 nitrogen and oxygen atoms in total. The van der Waals surface area contributed by atoms with Gasteiger partial charge in [-0.2, -0.15) is 0 Å². The topological polar surface area (TPSA) is 55.4 Å². The minimum Gasteiger partial charge on any atom is -0.452 e. The van der Waals surface area contributed by atoms with E-state index in [1.807, 2.05) is 24.4 Å². The van der Waals surface area contributed by atoms with Crippen LogP contribution in [-0.2, 0) is 9.53 Å². The van der Waals surface area contributed by atoms with E-state index in [4.69, 9.17) is 27.9 Å². The first-order chi connectivity index (χ1) is 10.5. The summed E-state index contributed by atoms with van der Waals surface area (Å²) in [6.07, 6.45) is 0. The summed E-state index contributed by atoms with van der Waals surface area (Å²) in [6, 6.07) is 8.37. The standard InChI is InChI=1S/C15H13Cl2NO3S/c1-9(12-6-3-7-22-12)18-13(19)8-21-15(20)14-10(16)4-2-5-11(14)17/h2-7,9H,8H2,1H3,(H,18,19)/t9-/m0/s1. The first-order valence-electron chi connectivity index (χ1n) is 6.43. The number of rotatable bonds is 5. The SMILES string of the molecule is C[C@H](NC(=O)COC(=O)c1c(Cl)cccc1Cl)c1cccs1. The van der Waals surface area contributed by atoms with Crippen LogP contribution in [0.3, 0.4) is 0 Å². The van der Waals surface area contributed by atoms with Gasteiger partial charge in [0.15, 0.2) is 6.61 Å². The van der Waals surface area contributed by atoms with Crippen LogP contribution in [0, 0.1) is 0 Å². The number of amides is 1. The van der Waals surface area contributed by atoms with E-state index in [-0.39, 0.29) is 21.7 Å². The zero-order chi connectivity index (χ0) is 16.1. The van der Waals surface area contributed by atoms with E-state index in [9.17, 15) is 9.59 Å². The maximum absolute atomic E-state index is 11.9. The Balaban J connectivity index is 1.90. The van der Waals surface area contributed by atoms with Gasteiger partial charge in [0.2, 0.25) is 0 Å². The van der Waals surface area contributed by atoms with Gasteiger partial charge >= 0.3 is 5.97 Å². The molecule has 116 valence electrons. The van der Waals surface area contributed by atoms with E-state index in [1.165, 1.54) is 12.1 Å². The number of hydrogen-bond acceptors (Lipinski definition) is 4. The van der Waals surface area contributed by atoms with Gasteiger partial charge in [-0.1, -0.05) is 35.3 Å². The highest BCUT2D eigenvalue weighted by Crippen LogP contribution is 2.25. The van der Waals surface area contributed by atoms with Crippen molar-refractivity contribution < 1.29 is 14.3 Å². The third kappa shape index (κ3) is 4.22. The molecule has 1 heterocycles. The maximum Gasteiger partial charge on any atom is 0.341 e. The van der Waals surface area contributed by atoms with Crippen LogP contribution in [-0.4, -0.2) is 18.5 Å².